The fourth-order valence-corrected chi connectivity index (χ4v) is 11.1. The summed E-state index contributed by atoms with van der Waals surface area (Å²) in [6, 6.07) is 0. The Morgan fingerprint density at radius 2 is 1.90 bits per heavy atom. The van der Waals surface area contributed by atoms with Gasteiger partial charge in [-0.25, -0.2) is 0 Å². The number of esters is 1. The van der Waals surface area contributed by atoms with Crippen molar-refractivity contribution in [1.29, 1.82) is 0 Å². The molecule has 0 radical (unpaired) electrons. The topological polar surface area (TPSA) is 43.4 Å². The summed E-state index contributed by atoms with van der Waals surface area (Å²) in [6.07, 6.45) is 6.24. The van der Waals surface area contributed by atoms with Gasteiger partial charge in [0.05, 0.1) is 0 Å². The van der Waals surface area contributed by atoms with E-state index in [-0.39, 0.29) is 34.6 Å². The van der Waals surface area contributed by atoms with Crippen molar-refractivity contribution in [3.8, 4) is 0 Å². The zero-order valence-corrected chi connectivity index (χ0v) is 14.2. The molecule has 0 aromatic carbocycles. The van der Waals surface area contributed by atoms with Crippen LogP contribution < -0.4 is 0 Å². The molecule has 4 atom stereocenters. The van der Waals surface area contributed by atoms with Crippen molar-refractivity contribution in [2.45, 2.75) is 64.4 Å². The molecule has 4 heteroatoms. The molecule has 0 saturated carbocycles. The van der Waals surface area contributed by atoms with Gasteiger partial charge in [-0.05, 0) is 0 Å². The van der Waals surface area contributed by atoms with Crippen LogP contribution in [0.3, 0.4) is 0 Å². The number of carbonyl (C=O) groups is 2. The average molecular weight is 298 g/mol. The second kappa shape index (κ2) is 5.60. The Hall–Kier alpha value is -0.690. The van der Waals surface area contributed by atoms with Gasteiger partial charge in [0.25, 0.3) is 0 Å². The molecule has 2 rings (SSSR count). The fraction of sp³-hybridized carbons (Fsp3) is 0.750. The number of rotatable bonds is 3. The molecule has 0 bridgehead atoms. The maximum absolute atomic E-state index is 12.7. The summed E-state index contributed by atoms with van der Waals surface area (Å²) in [5.74, 6) is 0.444. The Morgan fingerprint density at radius 1 is 1.25 bits per heavy atom. The first kappa shape index (κ1) is 15.7. The van der Waals surface area contributed by atoms with E-state index in [1.807, 2.05) is 13.0 Å². The van der Waals surface area contributed by atoms with Crippen LogP contribution in [0.1, 0.15) is 47.5 Å². The first-order chi connectivity index (χ1) is 9.37. The zero-order valence-electron chi connectivity index (χ0n) is 13.2. The molecule has 2 aliphatic heterocycles. The van der Waals surface area contributed by atoms with Gasteiger partial charge in [0.15, 0.2) is 0 Å². The Morgan fingerprint density at radius 3 is 2.45 bits per heavy atom. The molecular formula is C16H27O3P. The molecule has 0 aliphatic carbocycles. The first-order valence-electron chi connectivity index (χ1n) is 7.76. The third-order valence-electron chi connectivity index (χ3n) is 5.61. The van der Waals surface area contributed by atoms with E-state index in [0.29, 0.717) is 5.92 Å². The molecule has 2 aliphatic rings. The third kappa shape index (κ3) is 2.06. The van der Waals surface area contributed by atoms with Gasteiger partial charge in [-0.15, -0.1) is 0 Å². The van der Waals surface area contributed by atoms with Gasteiger partial charge in [-0.1, -0.05) is 0 Å². The van der Waals surface area contributed by atoms with E-state index < -0.39 is 7.26 Å². The van der Waals surface area contributed by atoms with Crippen LogP contribution in [0.2, 0.25) is 0 Å². The Bertz CT molecular complexity index is 443. The molecule has 2 saturated heterocycles. The molecular weight excluding hydrogens is 271 g/mol. The monoisotopic (exact) mass is 298 g/mol. The number of ether oxygens (including phenoxy) is 1. The van der Waals surface area contributed by atoms with Crippen LogP contribution in [0.25, 0.3) is 0 Å². The predicted molar refractivity (Wildman–Crippen MR) is 84.9 cm³/mol. The van der Waals surface area contributed by atoms with Crippen molar-refractivity contribution in [2.75, 3.05) is 0 Å². The second-order valence-corrected chi connectivity index (χ2v) is 11.4. The van der Waals surface area contributed by atoms with Crippen LogP contribution >= 0.6 is 7.26 Å². The van der Waals surface area contributed by atoms with Crippen molar-refractivity contribution < 1.29 is 14.3 Å². The summed E-state index contributed by atoms with van der Waals surface area (Å²) < 4.78 is 5.18. The normalized spacial score (nSPS) is 36.0. The van der Waals surface area contributed by atoms with E-state index >= 15 is 0 Å². The van der Waals surface area contributed by atoms with Crippen LogP contribution in [-0.2, 0) is 9.53 Å². The number of hydrogen-bond acceptors (Lipinski definition) is 3. The summed E-state index contributed by atoms with van der Waals surface area (Å²) in [5.41, 5.74) is 0.242. The van der Waals surface area contributed by atoms with Gasteiger partial charge < -0.3 is 0 Å². The van der Waals surface area contributed by atoms with Gasteiger partial charge in [-0.3, -0.25) is 0 Å². The molecule has 114 valence electrons. The Labute approximate surface area is 122 Å². The first-order valence-corrected chi connectivity index (χ1v) is 9.99. The molecule has 0 spiro atoms. The Balaban J connectivity index is 2.59. The SMILES string of the molecule is C/C=C\C1CCC(C)[C@@H]2C(=O)OC(=O)[PH]12C(C)C(C)C. The van der Waals surface area contributed by atoms with E-state index in [1.54, 1.807) is 0 Å². The van der Waals surface area contributed by atoms with Crippen molar-refractivity contribution in [2.24, 2.45) is 11.8 Å². The van der Waals surface area contributed by atoms with Gasteiger partial charge >= 0.3 is 122 Å². The summed E-state index contributed by atoms with van der Waals surface area (Å²) in [7, 11) is -2.49. The van der Waals surface area contributed by atoms with Gasteiger partial charge in [0.2, 0.25) is 0 Å². The second-order valence-electron chi connectivity index (χ2n) is 6.84. The maximum atomic E-state index is 12.7. The standard InChI is InChI=1S/C16H27O3P/c1-6-7-13-9-8-11(4)14-15(17)19-16(18)20(13,14)12(5)10(2)3/h6-7,10-14,20H,8-9H2,1-5H3/b7-6-/t11?,12?,13?,14-/m1/s1. The van der Waals surface area contributed by atoms with E-state index in [1.165, 1.54) is 0 Å². The molecule has 0 aromatic rings. The molecule has 0 N–H and O–H groups in total. The molecule has 20 heavy (non-hydrogen) atoms. The summed E-state index contributed by atoms with van der Waals surface area (Å²) in [6.45, 7) is 10.6. The number of cyclic esters (lactones) is 2. The minimum atomic E-state index is -2.49. The van der Waals surface area contributed by atoms with E-state index in [0.717, 1.165) is 12.8 Å². The van der Waals surface area contributed by atoms with Crippen LogP contribution in [0.4, 0.5) is 4.79 Å². The fourth-order valence-electron chi connectivity index (χ4n) is 4.34. The number of carbonyl (C=O) groups excluding carboxylic acids is 2. The number of fused-ring (bicyclic) bond motifs is 1. The summed E-state index contributed by atoms with van der Waals surface area (Å²) in [4.78, 5) is 25.0. The predicted octanol–water partition coefficient (Wildman–Crippen LogP) is 4.20. The van der Waals surface area contributed by atoms with Crippen molar-refractivity contribution in [1.82, 2.24) is 0 Å². The van der Waals surface area contributed by atoms with E-state index in [2.05, 4.69) is 33.8 Å². The van der Waals surface area contributed by atoms with Crippen LogP contribution in [0.15, 0.2) is 12.2 Å². The van der Waals surface area contributed by atoms with Gasteiger partial charge in [0, 0.05) is 0 Å². The van der Waals surface area contributed by atoms with E-state index in [9.17, 15) is 9.59 Å². The quantitative estimate of drug-likeness (QED) is 0.339. The van der Waals surface area contributed by atoms with Gasteiger partial charge in [-0.2, -0.15) is 0 Å². The minimum absolute atomic E-state index is 0.137. The molecule has 3 unspecified atom stereocenters. The van der Waals surface area contributed by atoms with Crippen molar-refractivity contribution in [3.63, 3.8) is 0 Å². The summed E-state index contributed by atoms with van der Waals surface area (Å²) >= 11 is 0. The van der Waals surface area contributed by atoms with Crippen molar-refractivity contribution in [3.05, 3.63) is 12.2 Å². The average Bonchev–Trinajstić information content (AvgIpc) is 2.65. The molecule has 2 heterocycles. The Kier molecular flexibility index (Phi) is 4.39. The van der Waals surface area contributed by atoms with Crippen molar-refractivity contribution >= 4 is 18.9 Å². The molecule has 0 aromatic heterocycles. The van der Waals surface area contributed by atoms with Gasteiger partial charge in [0.1, 0.15) is 0 Å². The molecule has 2 fully saturated rings. The number of hydrogen-bond donors (Lipinski definition) is 0. The molecule has 0 amide bonds. The van der Waals surface area contributed by atoms with E-state index in [4.69, 9.17) is 4.74 Å². The van der Waals surface area contributed by atoms with Crippen LogP contribution in [0.5, 0.6) is 0 Å². The van der Waals surface area contributed by atoms with Crippen LogP contribution in [-0.4, -0.2) is 28.7 Å². The third-order valence-corrected chi connectivity index (χ3v) is 12.1. The molecule has 3 nitrogen and oxygen atoms in total. The number of allylic oxidation sites excluding steroid dienone is 2. The summed E-state index contributed by atoms with van der Waals surface area (Å²) in [5, 5.41) is 0. The zero-order chi connectivity index (χ0) is 15.1. The van der Waals surface area contributed by atoms with Crippen LogP contribution in [0, 0.1) is 11.8 Å².